The van der Waals surface area contributed by atoms with Crippen molar-refractivity contribution in [3.63, 3.8) is 0 Å². The topological polar surface area (TPSA) is 18.8 Å². The summed E-state index contributed by atoms with van der Waals surface area (Å²) in [7, 11) is 4.16. The quantitative estimate of drug-likeness (QED) is 0.613. The summed E-state index contributed by atoms with van der Waals surface area (Å²) >= 11 is 0. The first-order chi connectivity index (χ1) is 9.20. The lowest BCUT2D eigenvalue weighted by Gasteiger charge is -2.26. The molecule has 1 saturated heterocycles. The van der Waals surface area contributed by atoms with E-state index in [1.165, 1.54) is 18.4 Å². The van der Waals surface area contributed by atoms with E-state index in [0.717, 1.165) is 31.5 Å². The lowest BCUT2D eigenvalue weighted by atomic mass is 9.99. The van der Waals surface area contributed by atoms with Gasteiger partial charge in [-0.1, -0.05) is 30.3 Å². The predicted molar refractivity (Wildman–Crippen MR) is 81.5 cm³/mol. The van der Waals surface area contributed by atoms with E-state index in [0.29, 0.717) is 0 Å². The molecule has 1 aromatic carbocycles. The summed E-state index contributed by atoms with van der Waals surface area (Å²) in [4.78, 5) is 9.18. The third kappa shape index (κ3) is 3.72. The molecule has 104 valence electrons. The van der Waals surface area contributed by atoms with Gasteiger partial charge in [0, 0.05) is 33.7 Å². The van der Waals surface area contributed by atoms with E-state index < -0.39 is 0 Å². The van der Waals surface area contributed by atoms with Crippen molar-refractivity contribution in [2.24, 2.45) is 10.9 Å². The van der Waals surface area contributed by atoms with Crippen LogP contribution in [-0.2, 0) is 6.42 Å². The Balaban J connectivity index is 1.94. The number of hydrogen-bond acceptors (Lipinski definition) is 1. The van der Waals surface area contributed by atoms with Crippen molar-refractivity contribution < 1.29 is 0 Å². The van der Waals surface area contributed by atoms with Crippen molar-refractivity contribution in [2.45, 2.75) is 19.8 Å². The van der Waals surface area contributed by atoms with Gasteiger partial charge in [0.2, 0.25) is 0 Å². The second kappa shape index (κ2) is 6.60. The number of guanidine groups is 1. The number of hydrogen-bond donors (Lipinski definition) is 0. The number of aliphatic imine (C=N–C) groups is 1. The van der Waals surface area contributed by atoms with Gasteiger partial charge in [-0.05, 0) is 31.2 Å². The minimum Gasteiger partial charge on any atom is -0.349 e. The second-order valence-corrected chi connectivity index (χ2v) is 5.46. The lowest BCUT2D eigenvalue weighted by molar-refractivity contribution is 0.410. The average molecular weight is 259 g/mol. The van der Waals surface area contributed by atoms with Crippen molar-refractivity contribution in [2.75, 3.05) is 33.7 Å². The number of likely N-dealkylation sites (tertiary alicyclic amines) is 1. The van der Waals surface area contributed by atoms with Crippen molar-refractivity contribution in [3.8, 4) is 0 Å². The molecule has 0 aliphatic carbocycles. The molecular formula is C16H25N3. The first kappa shape index (κ1) is 13.9. The van der Waals surface area contributed by atoms with E-state index in [1.807, 2.05) is 0 Å². The molecule has 0 amide bonds. The summed E-state index contributed by atoms with van der Waals surface area (Å²) in [5.41, 5.74) is 1.45. The van der Waals surface area contributed by atoms with E-state index in [9.17, 15) is 0 Å². The zero-order valence-electron chi connectivity index (χ0n) is 12.3. The van der Waals surface area contributed by atoms with Crippen LogP contribution in [0.25, 0.3) is 0 Å². The van der Waals surface area contributed by atoms with Gasteiger partial charge in [0.1, 0.15) is 0 Å². The molecule has 1 aliphatic rings. The fourth-order valence-electron chi connectivity index (χ4n) is 2.79. The summed E-state index contributed by atoms with van der Waals surface area (Å²) in [5, 5.41) is 0. The van der Waals surface area contributed by atoms with Crippen molar-refractivity contribution >= 4 is 5.96 Å². The van der Waals surface area contributed by atoms with Gasteiger partial charge in [-0.15, -0.1) is 0 Å². The first-order valence-electron chi connectivity index (χ1n) is 7.21. The Labute approximate surface area is 116 Å². The van der Waals surface area contributed by atoms with Crippen LogP contribution < -0.4 is 0 Å². The second-order valence-electron chi connectivity index (χ2n) is 5.46. The van der Waals surface area contributed by atoms with Gasteiger partial charge in [0.05, 0.1) is 0 Å². The summed E-state index contributed by atoms with van der Waals surface area (Å²) in [6, 6.07) is 10.8. The molecule has 19 heavy (non-hydrogen) atoms. The molecule has 0 bridgehead atoms. The lowest BCUT2D eigenvalue weighted by Crippen LogP contribution is -2.39. The number of rotatable bonds is 3. The van der Waals surface area contributed by atoms with Gasteiger partial charge in [0.15, 0.2) is 5.96 Å². The van der Waals surface area contributed by atoms with Crippen molar-refractivity contribution in [1.29, 1.82) is 0 Å². The van der Waals surface area contributed by atoms with E-state index in [2.05, 4.69) is 66.1 Å². The molecule has 1 heterocycles. The van der Waals surface area contributed by atoms with Crippen LogP contribution >= 0.6 is 0 Å². The third-order valence-corrected chi connectivity index (χ3v) is 3.64. The van der Waals surface area contributed by atoms with Crippen LogP contribution in [0.5, 0.6) is 0 Å². The summed E-state index contributed by atoms with van der Waals surface area (Å²) < 4.78 is 0. The Morgan fingerprint density at radius 2 is 2.05 bits per heavy atom. The molecule has 0 saturated carbocycles. The van der Waals surface area contributed by atoms with Gasteiger partial charge < -0.3 is 9.80 Å². The fourth-order valence-corrected chi connectivity index (χ4v) is 2.79. The molecule has 0 radical (unpaired) electrons. The SMILES string of the molecule is CCN=C(N(C)C)N1CCC(Cc2ccccc2)C1. The van der Waals surface area contributed by atoms with Crippen LogP contribution in [-0.4, -0.2) is 49.5 Å². The van der Waals surface area contributed by atoms with Crippen LogP contribution in [0, 0.1) is 5.92 Å². The smallest absolute Gasteiger partial charge is 0.196 e. The van der Waals surface area contributed by atoms with Crippen LogP contribution in [0.4, 0.5) is 0 Å². The predicted octanol–water partition coefficient (Wildman–Crippen LogP) is 2.49. The van der Waals surface area contributed by atoms with E-state index in [1.54, 1.807) is 0 Å². The zero-order chi connectivity index (χ0) is 13.7. The molecule has 3 nitrogen and oxygen atoms in total. The molecule has 1 aliphatic heterocycles. The van der Waals surface area contributed by atoms with Crippen LogP contribution in [0.1, 0.15) is 18.9 Å². The highest BCUT2D eigenvalue weighted by molar-refractivity contribution is 5.79. The minimum absolute atomic E-state index is 0.754. The number of nitrogens with zero attached hydrogens (tertiary/aromatic N) is 3. The highest BCUT2D eigenvalue weighted by atomic mass is 15.4. The average Bonchev–Trinajstić information content (AvgIpc) is 2.85. The molecule has 1 unspecified atom stereocenters. The maximum atomic E-state index is 4.62. The Hall–Kier alpha value is -1.51. The summed E-state index contributed by atoms with van der Waals surface area (Å²) in [5.74, 6) is 1.89. The van der Waals surface area contributed by atoms with E-state index in [-0.39, 0.29) is 0 Å². The Kier molecular flexibility index (Phi) is 4.83. The first-order valence-corrected chi connectivity index (χ1v) is 7.21. The monoisotopic (exact) mass is 259 g/mol. The van der Waals surface area contributed by atoms with Crippen molar-refractivity contribution in [3.05, 3.63) is 35.9 Å². The van der Waals surface area contributed by atoms with Crippen LogP contribution in [0.15, 0.2) is 35.3 Å². The maximum Gasteiger partial charge on any atom is 0.196 e. The van der Waals surface area contributed by atoms with E-state index >= 15 is 0 Å². The standard InChI is InChI=1S/C16H25N3/c1-4-17-16(18(2)3)19-11-10-15(13-19)12-14-8-6-5-7-9-14/h5-9,15H,4,10-13H2,1-3H3. The molecule has 0 N–H and O–H groups in total. The molecule has 1 atom stereocenters. The van der Waals surface area contributed by atoms with Crippen molar-refractivity contribution in [1.82, 2.24) is 9.80 Å². The molecule has 2 rings (SSSR count). The van der Waals surface area contributed by atoms with Crippen LogP contribution in [0.3, 0.4) is 0 Å². The van der Waals surface area contributed by atoms with Gasteiger partial charge in [-0.25, -0.2) is 0 Å². The van der Waals surface area contributed by atoms with Gasteiger partial charge in [-0.2, -0.15) is 0 Å². The normalized spacial score (nSPS) is 19.8. The largest absolute Gasteiger partial charge is 0.349 e. The molecule has 0 aromatic heterocycles. The zero-order valence-corrected chi connectivity index (χ0v) is 12.3. The maximum absolute atomic E-state index is 4.62. The van der Waals surface area contributed by atoms with Gasteiger partial charge >= 0.3 is 0 Å². The van der Waals surface area contributed by atoms with E-state index in [4.69, 9.17) is 0 Å². The molecule has 1 fully saturated rings. The Morgan fingerprint density at radius 3 is 2.68 bits per heavy atom. The fraction of sp³-hybridized carbons (Fsp3) is 0.562. The molecule has 1 aromatic rings. The summed E-state index contributed by atoms with van der Waals surface area (Å²) in [6.45, 7) is 5.22. The van der Waals surface area contributed by atoms with Crippen LogP contribution in [0.2, 0.25) is 0 Å². The van der Waals surface area contributed by atoms with Gasteiger partial charge in [0.25, 0.3) is 0 Å². The molecule has 0 spiro atoms. The number of benzene rings is 1. The molecule has 3 heteroatoms. The highest BCUT2D eigenvalue weighted by Crippen LogP contribution is 2.21. The summed E-state index contributed by atoms with van der Waals surface area (Å²) in [6.07, 6.45) is 2.45. The molecular weight excluding hydrogens is 234 g/mol. The Bertz CT molecular complexity index is 411. The Morgan fingerprint density at radius 1 is 1.32 bits per heavy atom. The minimum atomic E-state index is 0.754. The van der Waals surface area contributed by atoms with Gasteiger partial charge in [-0.3, -0.25) is 4.99 Å². The highest BCUT2D eigenvalue weighted by Gasteiger charge is 2.25. The third-order valence-electron chi connectivity index (χ3n) is 3.64.